The highest BCUT2D eigenvalue weighted by Crippen LogP contribution is 2.60. The molecule has 8 rings (SSSR count). The van der Waals surface area contributed by atoms with Crippen LogP contribution in [0.15, 0.2) is 4.99 Å². The summed E-state index contributed by atoms with van der Waals surface area (Å²) in [5, 5.41) is 9.83. The lowest BCUT2D eigenvalue weighted by Crippen LogP contribution is -2.54. The van der Waals surface area contributed by atoms with Crippen molar-refractivity contribution < 1.29 is 0 Å². The Kier molecular flexibility index (Phi) is 9.16. The Labute approximate surface area is 269 Å². The van der Waals surface area contributed by atoms with Crippen LogP contribution in [0.3, 0.4) is 0 Å². The number of rotatable bonds is 12. The molecule has 3 N–H and O–H groups in total. The summed E-state index contributed by atoms with van der Waals surface area (Å²) in [6.45, 7) is 13.4. The second-order valence-electron chi connectivity index (χ2n) is 17.3. The summed E-state index contributed by atoms with van der Waals surface area (Å²) >= 11 is 0. The number of aliphatic imine (C=N–C) groups is 1. The zero-order valence-corrected chi connectivity index (χ0v) is 28.6. The Bertz CT molecular complexity index is 998. The van der Waals surface area contributed by atoms with E-state index in [0.717, 1.165) is 61.8 Å². The van der Waals surface area contributed by atoms with Gasteiger partial charge < -0.3 is 20.4 Å². The van der Waals surface area contributed by atoms with Gasteiger partial charge in [0.1, 0.15) is 0 Å². The first-order valence-electron chi connectivity index (χ1n) is 19.2. The second kappa shape index (κ2) is 13.0. The van der Waals surface area contributed by atoms with Crippen molar-refractivity contribution in [2.75, 3.05) is 39.3 Å². The molecule has 0 unspecified atom stereocenters. The molecule has 7 fully saturated rings. The van der Waals surface area contributed by atoms with Crippen LogP contribution in [0, 0.1) is 40.4 Å². The molecule has 4 atom stereocenters. The molecule has 248 valence electrons. The van der Waals surface area contributed by atoms with Gasteiger partial charge in [-0.2, -0.15) is 0 Å². The summed E-state index contributed by atoms with van der Waals surface area (Å²) in [6.07, 6.45) is 22.2. The summed E-state index contributed by atoms with van der Waals surface area (Å²) in [4.78, 5) is 15.2. The van der Waals surface area contributed by atoms with E-state index in [0.29, 0.717) is 35.5 Å². The van der Waals surface area contributed by atoms with E-state index in [-0.39, 0.29) is 0 Å². The van der Waals surface area contributed by atoms with Crippen LogP contribution in [0.4, 0.5) is 0 Å². The lowest BCUT2D eigenvalue weighted by atomic mass is 9.49. The van der Waals surface area contributed by atoms with Gasteiger partial charge in [0.15, 0.2) is 11.9 Å². The topological polar surface area (TPSA) is 75.2 Å². The van der Waals surface area contributed by atoms with Gasteiger partial charge >= 0.3 is 0 Å². The van der Waals surface area contributed by atoms with Crippen molar-refractivity contribution in [2.45, 2.75) is 148 Å². The molecule has 3 heterocycles. The van der Waals surface area contributed by atoms with E-state index >= 15 is 0 Å². The molecule has 4 bridgehead atoms. The highest BCUT2D eigenvalue weighted by atomic mass is 15.5. The molecular weight excluding hydrogens is 542 g/mol. The Balaban J connectivity index is 1.09. The fourth-order valence-electron chi connectivity index (χ4n) is 12.0. The number of hydrogen-bond acceptors (Lipinski definition) is 5. The smallest absolute Gasteiger partial charge is 0.194 e. The molecule has 5 aliphatic carbocycles. The van der Waals surface area contributed by atoms with Crippen molar-refractivity contribution in [2.24, 2.45) is 45.7 Å². The monoisotopic (exact) mass is 608 g/mol. The summed E-state index contributed by atoms with van der Waals surface area (Å²) in [6, 6.07) is 1.96. The van der Waals surface area contributed by atoms with E-state index in [1.54, 1.807) is 0 Å². The fraction of sp³-hybridized carbons (Fsp3) is 0.946. The van der Waals surface area contributed by atoms with Crippen LogP contribution in [0.2, 0.25) is 0 Å². The van der Waals surface area contributed by atoms with E-state index in [1.165, 1.54) is 116 Å². The summed E-state index contributed by atoms with van der Waals surface area (Å²) in [7, 11) is 0. The predicted octanol–water partition coefficient (Wildman–Crippen LogP) is 6.38. The van der Waals surface area contributed by atoms with Gasteiger partial charge in [-0.15, -0.1) is 0 Å². The Morgan fingerprint density at radius 2 is 1.64 bits per heavy atom. The second-order valence-corrected chi connectivity index (χ2v) is 17.3. The van der Waals surface area contributed by atoms with E-state index < -0.39 is 0 Å². The summed E-state index contributed by atoms with van der Waals surface area (Å²) < 4.78 is 0. The molecule has 0 aromatic rings. The minimum Gasteiger partial charge on any atom is -0.370 e. The molecule has 44 heavy (non-hydrogen) atoms. The first-order chi connectivity index (χ1) is 21.3. The summed E-state index contributed by atoms with van der Waals surface area (Å²) in [5.41, 5.74) is 6.96. The molecular formula is C37H65N7. The maximum Gasteiger partial charge on any atom is 0.194 e. The largest absolute Gasteiger partial charge is 0.370 e. The van der Waals surface area contributed by atoms with E-state index in [9.17, 15) is 5.41 Å². The highest BCUT2D eigenvalue weighted by molar-refractivity contribution is 5.80. The molecule has 2 saturated heterocycles. The van der Waals surface area contributed by atoms with Crippen molar-refractivity contribution in [3.8, 4) is 0 Å². The first-order valence-corrected chi connectivity index (χ1v) is 19.2. The number of nitrogens with two attached hydrogens (primary N) is 1. The van der Waals surface area contributed by atoms with Gasteiger partial charge in [0.2, 0.25) is 0 Å². The summed E-state index contributed by atoms with van der Waals surface area (Å²) in [5.74, 6) is 6.00. The quantitative estimate of drug-likeness (QED) is 0.269. The normalized spacial score (nSPS) is 38.5. The van der Waals surface area contributed by atoms with Crippen LogP contribution in [-0.4, -0.2) is 95.0 Å². The molecule has 0 spiro atoms. The van der Waals surface area contributed by atoms with Gasteiger partial charge in [0, 0.05) is 44.3 Å². The van der Waals surface area contributed by atoms with Gasteiger partial charge in [-0.3, -0.25) is 15.3 Å². The van der Waals surface area contributed by atoms with Gasteiger partial charge in [0.25, 0.3) is 0 Å². The Morgan fingerprint density at radius 1 is 0.932 bits per heavy atom. The van der Waals surface area contributed by atoms with Crippen LogP contribution in [-0.2, 0) is 0 Å². The third-order valence-electron chi connectivity index (χ3n) is 13.7. The van der Waals surface area contributed by atoms with E-state index in [4.69, 9.17) is 5.73 Å². The zero-order chi connectivity index (χ0) is 30.4. The Hall–Kier alpha value is -1.50. The van der Waals surface area contributed by atoms with Gasteiger partial charge in [-0.1, -0.05) is 59.3 Å². The average molecular weight is 608 g/mol. The van der Waals surface area contributed by atoms with Gasteiger partial charge in [-0.05, 0) is 106 Å². The van der Waals surface area contributed by atoms with Gasteiger partial charge in [0.05, 0.1) is 12.6 Å². The van der Waals surface area contributed by atoms with Crippen molar-refractivity contribution in [1.29, 1.82) is 5.41 Å². The first kappa shape index (κ1) is 31.1. The molecule has 7 nitrogen and oxygen atoms in total. The van der Waals surface area contributed by atoms with Gasteiger partial charge in [-0.25, -0.2) is 0 Å². The lowest BCUT2D eigenvalue weighted by Gasteiger charge is -2.58. The third-order valence-corrected chi connectivity index (χ3v) is 13.7. The SMILES string of the molecule is CCC[C@@H]1CN([C@H](CC2CCCCC2)CN2CCC[C@H]2CN2C(N)=NC[C@H]2C(C)C)C(=N)N1CC12CC3CC(CC(C3)C1)C2. The fourth-order valence-corrected chi connectivity index (χ4v) is 12.0. The molecule has 7 heteroatoms. The van der Waals surface area contributed by atoms with E-state index in [1.807, 2.05) is 0 Å². The minimum atomic E-state index is 0.440. The molecule has 0 aromatic heterocycles. The van der Waals surface area contributed by atoms with Crippen LogP contribution >= 0.6 is 0 Å². The minimum absolute atomic E-state index is 0.440. The number of nitrogens with one attached hydrogen (secondary N) is 1. The molecule has 0 radical (unpaired) electrons. The van der Waals surface area contributed by atoms with Crippen molar-refractivity contribution in [3.63, 3.8) is 0 Å². The van der Waals surface area contributed by atoms with Crippen molar-refractivity contribution in [3.05, 3.63) is 0 Å². The number of likely N-dealkylation sites (tertiary alicyclic amines) is 1. The predicted molar refractivity (Wildman–Crippen MR) is 182 cm³/mol. The van der Waals surface area contributed by atoms with Crippen LogP contribution in [0.5, 0.6) is 0 Å². The van der Waals surface area contributed by atoms with Crippen LogP contribution in [0.1, 0.15) is 124 Å². The maximum atomic E-state index is 9.83. The number of hydrogen-bond donors (Lipinski definition) is 2. The van der Waals surface area contributed by atoms with E-state index in [2.05, 4.69) is 45.4 Å². The number of guanidine groups is 2. The van der Waals surface area contributed by atoms with Crippen molar-refractivity contribution in [1.82, 2.24) is 19.6 Å². The molecule has 8 aliphatic rings. The zero-order valence-electron chi connectivity index (χ0n) is 28.6. The number of nitrogens with zero attached hydrogens (tertiary/aromatic N) is 5. The molecule has 0 amide bonds. The average Bonchev–Trinajstić information content (AvgIpc) is 3.67. The molecule has 5 saturated carbocycles. The highest BCUT2D eigenvalue weighted by Gasteiger charge is 2.53. The Morgan fingerprint density at radius 3 is 2.30 bits per heavy atom. The van der Waals surface area contributed by atoms with Crippen LogP contribution in [0.25, 0.3) is 0 Å². The lowest BCUT2D eigenvalue weighted by molar-refractivity contribution is -0.0638. The standard InChI is InChI=1S/C37H65N7/c1-4-9-32-24-42(36(39)44(32)25-37-18-28-14-29(19-37)16-30(15-28)20-37)33(17-27-10-6-5-7-11-27)22-41-13-8-12-31(41)23-43-34(26(2)3)21-40-35(43)38/h26-34,39H,4-25H2,1-3H3,(H2,38,40)/t28?,29?,30?,31-,32+,33+,34-,37?/m0/s1. The molecule has 3 aliphatic heterocycles. The molecule has 0 aromatic carbocycles. The van der Waals surface area contributed by atoms with Crippen molar-refractivity contribution >= 4 is 11.9 Å². The maximum absolute atomic E-state index is 9.83. The van der Waals surface area contributed by atoms with Crippen LogP contribution < -0.4 is 5.73 Å². The third kappa shape index (κ3) is 6.26.